The standard InChI is InChI=1S/C17H20Cl2N2/c1-21(2)16-5-3-4-12(9-16)14(11-20)8-13-6-7-15(18)10-17(13)19/h3-7,9-10,14H,8,11,20H2,1-2H3. The fraction of sp³-hybridized carbons (Fsp3) is 0.294. The zero-order chi connectivity index (χ0) is 15.4. The highest BCUT2D eigenvalue weighted by Gasteiger charge is 2.13. The van der Waals surface area contributed by atoms with Crippen LogP contribution in [0.3, 0.4) is 0 Å². The van der Waals surface area contributed by atoms with E-state index in [1.165, 1.54) is 11.3 Å². The molecule has 4 heteroatoms. The first kappa shape index (κ1) is 16.2. The summed E-state index contributed by atoms with van der Waals surface area (Å²) in [6.45, 7) is 0.579. The second kappa shape index (κ2) is 7.17. The molecule has 2 N–H and O–H groups in total. The molecule has 2 nitrogen and oxygen atoms in total. The van der Waals surface area contributed by atoms with E-state index >= 15 is 0 Å². The van der Waals surface area contributed by atoms with Crippen molar-refractivity contribution in [3.63, 3.8) is 0 Å². The highest BCUT2D eigenvalue weighted by molar-refractivity contribution is 6.35. The zero-order valence-corrected chi connectivity index (χ0v) is 13.8. The van der Waals surface area contributed by atoms with Gasteiger partial charge >= 0.3 is 0 Å². The lowest BCUT2D eigenvalue weighted by Crippen LogP contribution is -2.16. The van der Waals surface area contributed by atoms with Crippen LogP contribution >= 0.6 is 23.2 Å². The Bertz CT molecular complexity index is 611. The first-order valence-electron chi connectivity index (χ1n) is 6.92. The van der Waals surface area contributed by atoms with Crippen LogP contribution in [0.15, 0.2) is 42.5 Å². The van der Waals surface area contributed by atoms with Crippen LogP contribution in [0.2, 0.25) is 10.0 Å². The summed E-state index contributed by atoms with van der Waals surface area (Å²) in [5, 5.41) is 1.35. The van der Waals surface area contributed by atoms with Crippen LogP contribution in [0.4, 0.5) is 5.69 Å². The maximum atomic E-state index is 6.27. The summed E-state index contributed by atoms with van der Waals surface area (Å²) in [6, 6.07) is 14.1. The van der Waals surface area contributed by atoms with Crippen molar-refractivity contribution in [2.75, 3.05) is 25.5 Å². The van der Waals surface area contributed by atoms with Gasteiger partial charge in [-0.1, -0.05) is 41.4 Å². The molecule has 0 saturated carbocycles. The Morgan fingerprint density at radius 2 is 1.86 bits per heavy atom. The molecule has 0 amide bonds. The van der Waals surface area contributed by atoms with Crippen molar-refractivity contribution < 1.29 is 0 Å². The van der Waals surface area contributed by atoms with Gasteiger partial charge < -0.3 is 10.6 Å². The molecule has 1 atom stereocenters. The minimum absolute atomic E-state index is 0.239. The lowest BCUT2D eigenvalue weighted by atomic mass is 9.91. The van der Waals surface area contributed by atoms with Crippen molar-refractivity contribution in [1.82, 2.24) is 0 Å². The molecule has 2 rings (SSSR count). The van der Waals surface area contributed by atoms with Gasteiger partial charge in [0.2, 0.25) is 0 Å². The zero-order valence-electron chi connectivity index (χ0n) is 12.3. The van der Waals surface area contributed by atoms with Crippen molar-refractivity contribution in [2.24, 2.45) is 5.73 Å². The molecule has 0 aromatic heterocycles. The number of nitrogens with zero attached hydrogens (tertiary/aromatic N) is 1. The number of rotatable bonds is 5. The molecule has 0 saturated heterocycles. The molecule has 112 valence electrons. The van der Waals surface area contributed by atoms with E-state index in [2.05, 4.69) is 29.2 Å². The number of benzene rings is 2. The quantitative estimate of drug-likeness (QED) is 0.887. The molecule has 0 bridgehead atoms. The Balaban J connectivity index is 2.25. The van der Waals surface area contributed by atoms with Crippen molar-refractivity contribution in [3.8, 4) is 0 Å². The smallest absolute Gasteiger partial charge is 0.0453 e. The molecule has 0 radical (unpaired) electrons. The molecular weight excluding hydrogens is 303 g/mol. The monoisotopic (exact) mass is 322 g/mol. The van der Waals surface area contributed by atoms with Crippen molar-refractivity contribution in [1.29, 1.82) is 0 Å². The van der Waals surface area contributed by atoms with Crippen LogP contribution in [0, 0.1) is 0 Å². The van der Waals surface area contributed by atoms with Crippen molar-refractivity contribution in [2.45, 2.75) is 12.3 Å². The van der Waals surface area contributed by atoms with E-state index in [1.54, 1.807) is 6.07 Å². The van der Waals surface area contributed by atoms with Crippen LogP contribution in [0.25, 0.3) is 0 Å². The SMILES string of the molecule is CN(C)c1cccc(C(CN)Cc2ccc(Cl)cc2Cl)c1. The molecule has 21 heavy (non-hydrogen) atoms. The number of hydrogen-bond donors (Lipinski definition) is 1. The van der Waals surface area contributed by atoms with Gasteiger partial charge in [0.1, 0.15) is 0 Å². The van der Waals surface area contributed by atoms with Crippen molar-refractivity contribution >= 4 is 28.9 Å². The second-order valence-electron chi connectivity index (χ2n) is 5.36. The Hall–Kier alpha value is -1.22. The lowest BCUT2D eigenvalue weighted by Gasteiger charge is -2.19. The molecule has 0 aliphatic carbocycles. The van der Waals surface area contributed by atoms with Crippen LogP contribution in [0.1, 0.15) is 17.0 Å². The van der Waals surface area contributed by atoms with E-state index in [0.29, 0.717) is 16.6 Å². The molecule has 0 fully saturated rings. The van der Waals surface area contributed by atoms with Gasteiger partial charge in [-0.2, -0.15) is 0 Å². The van der Waals surface area contributed by atoms with Crippen LogP contribution in [-0.4, -0.2) is 20.6 Å². The van der Waals surface area contributed by atoms with Gasteiger partial charge in [0.15, 0.2) is 0 Å². The van der Waals surface area contributed by atoms with Gasteiger partial charge in [-0.05, 0) is 48.4 Å². The predicted molar refractivity (Wildman–Crippen MR) is 92.7 cm³/mol. The largest absolute Gasteiger partial charge is 0.378 e. The molecule has 2 aromatic rings. The minimum atomic E-state index is 0.239. The Labute approximate surface area is 136 Å². The number of anilines is 1. The summed E-state index contributed by atoms with van der Waals surface area (Å²) in [5.74, 6) is 0.239. The van der Waals surface area contributed by atoms with E-state index in [4.69, 9.17) is 28.9 Å². The molecular formula is C17H20Cl2N2. The molecule has 0 aliphatic rings. The Morgan fingerprint density at radius 3 is 2.48 bits per heavy atom. The highest BCUT2D eigenvalue weighted by Crippen LogP contribution is 2.28. The summed E-state index contributed by atoms with van der Waals surface area (Å²) < 4.78 is 0. The first-order chi connectivity index (χ1) is 10.0. The van der Waals surface area contributed by atoms with Gasteiger partial charge in [0.25, 0.3) is 0 Å². The third kappa shape index (κ3) is 4.13. The first-order valence-corrected chi connectivity index (χ1v) is 7.68. The van der Waals surface area contributed by atoms with E-state index in [0.717, 1.165) is 12.0 Å². The maximum Gasteiger partial charge on any atom is 0.0453 e. The Morgan fingerprint density at radius 1 is 1.10 bits per heavy atom. The van der Waals surface area contributed by atoms with Gasteiger partial charge in [0.05, 0.1) is 0 Å². The van der Waals surface area contributed by atoms with E-state index in [1.807, 2.05) is 26.2 Å². The molecule has 0 spiro atoms. The van der Waals surface area contributed by atoms with Crippen LogP contribution in [0.5, 0.6) is 0 Å². The van der Waals surface area contributed by atoms with Gasteiger partial charge in [-0.15, -0.1) is 0 Å². The summed E-state index contributed by atoms with van der Waals surface area (Å²) in [4.78, 5) is 2.09. The molecule has 0 aliphatic heterocycles. The van der Waals surface area contributed by atoms with Crippen LogP contribution < -0.4 is 10.6 Å². The fourth-order valence-electron chi connectivity index (χ4n) is 2.35. The second-order valence-corrected chi connectivity index (χ2v) is 6.21. The number of hydrogen-bond acceptors (Lipinski definition) is 2. The summed E-state index contributed by atoms with van der Waals surface area (Å²) in [5.41, 5.74) is 9.46. The minimum Gasteiger partial charge on any atom is -0.378 e. The van der Waals surface area contributed by atoms with E-state index < -0.39 is 0 Å². The third-order valence-corrected chi connectivity index (χ3v) is 4.21. The topological polar surface area (TPSA) is 29.3 Å². The number of halogens is 2. The normalized spacial score (nSPS) is 12.2. The highest BCUT2D eigenvalue weighted by atomic mass is 35.5. The van der Waals surface area contributed by atoms with E-state index in [9.17, 15) is 0 Å². The third-order valence-electron chi connectivity index (χ3n) is 3.62. The van der Waals surface area contributed by atoms with Crippen LogP contribution in [-0.2, 0) is 6.42 Å². The fourth-order valence-corrected chi connectivity index (χ4v) is 2.83. The molecule has 0 heterocycles. The average Bonchev–Trinajstić information content (AvgIpc) is 2.46. The number of nitrogens with two attached hydrogens (primary N) is 1. The van der Waals surface area contributed by atoms with Crippen molar-refractivity contribution in [3.05, 3.63) is 63.6 Å². The average molecular weight is 323 g/mol. The summed E-state index contributed by atoms with van der Waals surface area (Å²) in [6.07, 6.45) is 0.809. The van der Waals surface area contributed by atoms with Gasteiger partial charge in [-0.25, -0.2) is 0 Å². The lowest BCUT2D eigenvalue weighted by molar-refractivity contribution is 0.694. The Kier molecular flexibility index (Phi) is 5.51. The molecule has 1 unspecified atom stereocenters. The van der Waals surface area contributed by atoms with E-state index in [-0.39, 0.29) is 5.92 Å². The predicted octanol–water partition coefficient (Wildman–Crippen LogP) is 4.34. The van der Waals surface area contributed by atoms with Gasteiger partial charge in [-0.3, -0.25) is 0 Å². The summed E-state index contributed by atoms with van der Waals surface area (Å²) in [7, 11) is 4.07. The maximum absolute atomic E-state index is 6.27. The molecule has 2 aromatic carbocycles. The van der Waals surface area contributed by atoms with Gasteiger partial charge in [0, 0.05) is 35.7 Å². The summed E-state index contributed by atoms with van der Waals surface area (Å²) >= 11 is 12.2.